The van der Waals surface area contributed by atoms with Gasteiger partial charge in [0.25, 0.3) is 0 Å². The van der Waals surface area contributed by atoms with Gasteiger partial charge in [0.05, 0.1) is 6.54 Å². The van der Waals surface area contributed by atoms with Crippen molar-refractivity contribution < 1.29 is 4.79 Å². The van der Waals surface area contributed by atoms with Gasteiger partial charge < -0.3 is 10.2 Å². The van der Waals surface area contributed by atoms with Crippen LogP contribution in [0.3, 0.4) is 0 Å². The highest BCUT2D eigenvalue weighted by Crippen LogP contribution is 2.27. The van der Waals surface area contributed by atoms with Crippen molar-refractivity contribution in [2.24, 2.45) is 11.8 Å². The minimum Gasteiger partial charge on any atom is -0.342 e. The third-order valence-electron chi connectivity index (χ3n) is 4.05. The molecule has 3 nitrogen and oxygen atoms in total. The Morgan fingerprint density at radius 1 is 1.44 bits per heavy atom. The molecule has 1 aliphatic carbocycles. The number of rotatable bonds is 4. The van der Waals surface area contributed by atoms with Crippen molar-refractivity contribution in [2.45, 2.75) is 39.5 Å². The van der Waals surface area contributed by atoms with Crippen LogP contribution in [-0.4, -0.2) is 37.0 Å². The second kappa shape index (κ2) is 6.37. The van der Waals surface area contributed by atoms with Gasteiger partial charge in [-0.1, -0.05) is 18.6 Å². The Labute approximate surface area is 111 Å². The van der Waals surface area contributed by atoms with E-state index in [1.807, 2.05) is 4.90 Å². The molecule has 0 saturated carbocycles. The number of nitrogens with zero attached hydrogens (tertiary/aromatic N) is 1. The summed E-state index contributed by atoms with van der Waals surface area (Å²) in [4.78, 5) is 13.9. The molecule has 0 spiro atoms. The van der Waals surface area contributed by atoms with Crippen LogP contribution in [0.25, 0.3) is 0 Å². The van der Waals surface area contributed by atoms with Crippen molar-refractivity contribution in [2.75, 3.05) is 26.2 Å². The van der Waals surface area contributed by atoms with Gasteiger partial charge in [0.2, 0.25) is 5.91 Å². The first-order chi connectivity index (χ1) is 8.65. The smallest absolute Gasteiger partial charge is 0.236 e. The maximum absolute atomic E-state index is 11.9. The van der Waals surface area contributed by atoms with Gasteiger partial charge in [-0.15, -0.1) is 0 Å². The molecule has 102 valence electrons. The standard InChI is InChI=1S/C15H26N2O/c1-12-7-13(2)9-14(8-12)10-16-11-15(18)17-5-3-4-6-17/h7,12,14,16H,3-6,8-11H2,1-2H3. The zero-order valence-corrected chi connectivity index (χ0v) is 11.7. The molecular formula is C15H26N2O. The Kier molecular flexibility index (Phi) is 4.81. The first kappa shape index (κ1) is 13.6. The second-order valence-electron chi connectivity index (χ2n) is 6.01. The van der Waals surface area contributed by atoms with Gasteiger partial charge in [0, 0.05) is 13.1 Å². The highest BCUT2D eigenvalue weighted by Gasteiger charge is 2.20. The van der Waals surface area contributed by atoms with E-state index in [2.05, 4.69) is 25.2 Å². The van der Waals surface area contributed by atoms with Gasteiger partial charge in [-0.2, -0.15) is 0 Å². The molecule has 1 fully saturated rings. The van der Waals surface area contributed by atoms with E-state index in [0.29, 0.717) is 18.4 Å². The molecule has 2 aliphatic rings. The fourth-order valence-corrected chi connectivity index (χ4v) is 3.30. The fourth-order valence-electron chi connectivity index (χ4n) is 3.30. The molecule has 18 heavy (non-hydrogen) atoms. The summed E-state index contributed by atoms with van der Waals surface area (Å²) >= 11 is 0. The minimum absolute atomic E-state index is 0.281. The van der Waals surface area contributed by atoms with Crippen molar-refractivity contribution in [3.05, 3.63) is 11.6 Å². The average Bonchev–Trinajstić information content (AvgIpc) is 2.80. The number of hydrogen-bond donors (Lipinski definition) is 1. The van der Waals surface area contributed by atoms with Gasteiger partial charge in [-0.3, -0.25) is 4.79 Å². The zero-order valence-electron chi connectivity index (χ0n) is 11.7. The molecule has 2 unspecified atom stereocenters. The lowest BCUT2D eigenvalue weighted by molar-refractivity contribution is -0.129. The Bertz CT molecular complexity index is 318. The summed E-state index contributed by atoms with van der Waals surface area (Å²) in [6.07, 6.45) is 7.18. The van der Waals surface area contributed by atoms with E-state index in [4.69, 9.17) is 0 Å². The molecule has 0 aromatic rings. The topological polar surface area (TPSA) is 32.3 Å². The zero-order chi connectivity index (χ0) is 13.0. The number of carbonyl (C=O) groups is 1. The molecule has 2 atom stereocenters. The van der Waals surface area contributed by atoms with Crippen molar-refractivity contribution in [3.63, 3.8) is 0 Å². The van der Waals surface area contributed by atoms with Crippen LogP contribution >= 0.6 is 0 Å². The van der Waals surface area contributed by atoms with Crippen LogP contribution in [0.4, 0.5) is 0 Å². The number of allylic oxidation sites excluding steroid dienone is 2. The van der Waals surface area contributed by atoms with E-state index < -0.39 is 0 Å². The lowest BCUT2D eigenvalue weighted by atomic mass is 9.84. The van der Waals surface area contributed by atoms with Gasteiger partial charge in [-0.25, -0.2) is 0 Å². The predicted octanol–water partition coefficient (Wildman–Crippen LogP) is 2.19. The fraction of sp³-hybridized carbons (Fsp3) is 0.800. The Hall–Kier alpha value is -0.830. The Balaban J connectivity index is 1.66. The third kappa shape index (κ3) is 3.84. The van der Waals surface area contributed by atoms with Gasteiger partial charge >= 0.3 is 0 Å². The van der Waals surface area contributed by atoms with Crippen molar-refractivity contribution in [1.82, 2.24) is 10.2 Å². The number of nitrogens with one attached hydrogen (secondary N) is 1. The van der Waals surface area contributed by atoms with Crippen LogP contribution < -0.4 is 5.32 Å². The van der Waals surface area contributed by atoms with Crippen LogP contribution in [0.5, 0.6) is 0 Å². The molecule has 0 aromatic heterocycles. The summed E-state index contributed by atoms with van der Waals surface area (Å²) in [6, 6.07) is 0. The normalized spacial score (nSPS) is 28.3. The number of amides is 1. The van der Waals surface area contributed by atoms with Crippen molar-refractivity contribution in [1.29, 1.82) is 0 Å². The summed E-state index contributed by atoms with van der Waals surface area (Å²) in [7, 11) is 0. The molecule has 1 heterocycles. The van der Waals surface area contributed by atoms with Crippen LogP contribution in [0.2, 0.25) is 0 Å². The molecular weight excluding hydrogens is 224 g/mol. The highest BCUT2D eigenvalue weighted by molar-refractivity contribution is 5.78. The minimum atomic E-state index is 0.281. The van der Waals surface area contributed by atoms with Crippen LogP contribution in [0.1, 0.15) is 39.5 Å². The van der Waals surface area contributed by atoms with Crippen molar-refractivity contribution in [3.8, 4) is 0 Å². The number of hydrogen-bond acceptors (Lipinski definition) is 2. The molecule has 0 aromatic carbocycles. The Morgan fingerprint density at radius 3 is 2.83 bits per heavy atom. The molecule has 0 bridgehead atoms. The molecule has 0 radical (unpaired) electrons. The van der Waals surface area contributed by atoms with Crippen LogP contribution in [0, 0.1) is 11.8 Å². The largest absolute Gasteiger partial charge is 0.342 e. The monoisotopic (exact) mass is 250 g/mol. The van der Waals surface area contributed by atoms with E-state index in [9.17, 15) is 4.79 Å². The highest BCUT2D eigenvalue weighted by atomic mass is 16.2. The van der Waals surface area contributed by atoms with E-state index in [1.165, 1.54) is 31.3 Å². The first-order valence-corrected chi connectivity index (χ1v) is 7.31. The quantitative estimate of drug-likeness (QED) is 0.776. The van der Waals surface area contributed by atoms with E-state index in [0.717, 1.165) is 19.6 Å². The molecule has 1 aliphatic heterocycles. The summed E-state index contributed by atoms with van der Waals surface area (Å²) in [5.41, 5.74) is 1.51. The van der Waals surface area contributed by atoms with Crippen molar-refractivity contribution >= 4 is 5.91 Å². The van der Waals surface area contributed by atoms with E-state index in [1.54, 1.807) is 0 Å². The van der Waals surface area contributed by atoms with Gasteiger partial charge in [-0.05, 0) is 51.0 Å². The SMILES string of the molecule is CC1=CC(C)CC(CNCC(=O)N2CCCC2)C1. The van der Waals surface area contributed by atoms with Gasteiger partial charge in [0.1, 0.15) is 0 Å². The van der Waals surface area contributed by atoms with E-state index in [-0.39, 0.29) is 5.91 Å². The maximum atomic E-state index is 11.9. The summed E-state index contributed by atoms with van der Waals surface area (Å²) in [6.45, 7) is 7.93. The molecule has 1 N–H and O–H groups in total. The summed E-state index contributed by atoms with van der Waals surface area (Å²) in [5.74, 6) is 1.68. The summed E-state index contributed by atoms with van der Waals surface area (Å²) in [5, 5.41) is 3.35. The summed E-state index contributed by atoms with van der Waals surface area (Å²) < 4.78 is 0. The Morgan fingerprint density at radius 2 is 2.17 bits per heavy atom. The number of carbonyl (C=O) groups excluding carboxylic acids is 1. The average molecular weight is 250 g/mol. The molecule has 3 heteroatoms. The second-order valence-corrected chi connectivity index (χ2v) is 6.01. The van der Waals surface area contributed by atoms with Crippen LogP contribution in [0.15, 0.2) is 11.6 Å². The molecule has 1 amide bonds. The molecule has 1 saturated heterocycles. The van der Waals surface area contributed by atoms with Gasteiger partial charge in [0.15, 0.2) is 0 Å². The lowest BCUT2D eigenvalue weighted by Gasteiger charge is -2.26. The van der Waals surface area contributed by atoms with E-state index >= 15 is 0 Å². The first-order valence-electron chi connectivity index (χ1n) is 7.31. The third-order valence-corrected chi connectivity index (χ3v) is 4.05. The predicted molar refractivity (Wildman–Crippen MR) is 74.3 cm³/mol. The lowest BCUT2D eigenvalue weighted by Crippen LogP contribution is -2.38. The number of likely N-dealkylation sites (tertiary alicyclic amines) is 1. The van der Waals surface area contributed by atoms with Crippen LogP contribution in [-0.2, 0) is 4.79 Å². The maximum Gasteiger partial charge on any atom is 0.236 e. The molecule has 2 rings (SSSR count).